The quantitative estimate of drug-likeness (QED) is 0.926. The average molecular weight is 339 g/mol. The van der Waals surface area contributed by atoms with Crippen LogP contribution < -0.4 is 10.2 Å². The highest BCUT2D eigenvalue weighted by atomic mass is 15.3. The summed E-state index contributed by atoms with van der Waals surface area (Å²) in [5.41, 5.74) is 3.39. The fourth-order valence-corrected chi connectivity index (χ4v) is 3.17. The van der Waals surface area contributed by atoms with Crippen molar-refractivity contribution in [3.8, 4) is 0 Å². The van der Waals surface area contributed by atoms with Crippen LogP contribution in [0.4, 0.5) is 17.5 Å². The van der Waals surface area contributed by atoms with Gasteiger partial charge in [0.15, 0.2) is 0 Å². The van der Waals surface area contributed by atoms with Crippen LogP contribution in [0.1, 0.15) is 32.0 Å². The average Bonchev–Trinajstić information content (AvgIpc) is 2.54. The van der Waals surface area contributed by atoms with E-state index in [1.165, 1.54) is 5.56 Å². The first-order valence-electron chi connectivity index (χ1n) is 8.98. The van der Waals surface area contributed by atoms with Gasteiger partial charge in [0.1, 0.15) is 5.82 Å². The maximum Gasteiger partial charge on any atom is 0.229 e. The molecule has 1 aromatic heterocycles. The minimum Gasteiger partial charge on any atom is -0.354 e. The molecule has 0 aliphatic carbocycles. The largest absolute Gasteiger partial charge is 0.354 e. The Hall–Kier alpha value is -2.14. The van der Waals surface area contributed by atoms with Crippen molar-refractivity contribution in [3.05, 3.63) is 41.6 Å². The number of benzene rings is 1. The van der Waals surface area contributed by atoms with Gasteiger partial charge < -0.3 is 15.1 Å². The molecule has 25 heavy (non-hydrogen) atoms. The lowest BCUT2D eigenvalue weighted by Crippen LogP contribution is -2.44. The van der Waals surface area contributed by atoms with Crippen LogP contribution in [0.2, 0.25) is 0 Å². The summed E-state index contributed by atoms with van der Waals surface area (Å²) in [5, 5.41) is 3.45. The second-order valence-corrected chi connectivity index (χ2v) is 7.90. The van der Waals surface area contributed by atoms with Crippen LogP contribution in [0.5, 0.6) is 0 Å². The van der Waals surface area contributed by atoms with E-state index in [0.717, 1.165) is 43.4 Å². The van der Waals surface area contributed by atoms with Crippen molar-refractivity contribution >= 4 is 17.5 Å². The molecule has 1 saturated heterocycles. The van der Waals surface area contributed by atoms with E-state index in [2.05, 4.69) is 78.3 Å². The van der Waals surface area contributed by atoms with Crippen molar-refractivity contribution in [2.75, 3.05) is 43.4 Å². The number of likely N-dealkylation sites (N-methyl/N-ethyl adjacent to an activating group) is 1. The summed E-state index contributed by atoms with van der Waals surface area (Å²) in [6, 6.07) is 10.5. The molecular formula is C20H29N5. The number of anilines is 3. The SMILES string of the molecule is Cc1cc(N2CCN(C)CC2)nc(Nc2ccccc2C(C)(C)C)n1. The molecule has 134 valence electrons. The molecule has 3 rings (SSSR count). The zero-order chi connectivity index (χ0) is 18.0. The van der Waals surface area contributed by atoms with Crippen LogP contribution in [-0.2, 0) is 5.41 Å². The summed E-state index contributed by atoms with van der Waals surface area (Å²) >= 11 is 0. The molecule has 0 unspecified atom stereocenters. The van der Waals surface area contributed by atoms with Gasteiger partial charge in [0, 0.05) is 43.6 Å². The van der Waals surface area contributed by atoms with Gasteiger partial charge in [-0.25, -0.2) is 4.98 Å². The maximum atomic E-state index is 4.79. The van der Waals surface area contributed by atoms with Crippen molar-refractivity contribution in [1.82, 2.24) is 14.9 Å². The van der Waals surface area contributed by atoms with E-state index < -0.39 is 0 Å². The third-order valence-electron chi connectivity index (χ3n) is 4.65. The minimum absolute atomic E-state index is 0.0632. The Kier molecular flexibility index (Phi) is 4.95. The number of hydrogen-bond donors (Lipinski definition) is 1. The summed E-state index contributed by atoms with van der Waals surface area (Å²) in [6.07, 6.45) is 0. The summed E-state index contributed by atoms with van der Waals surface area (Å²) in [5.74, 6) is 1.68. The number of hydrogen-bond acceptors (Lipinski definition) is 5. The molecule has 1 aliphatic rings. The van der Waals surface area contributed by atoms with Gasteiger partial charge in [0.25, 0.3) is 0 Å². The Balaban J connectivity index is 1.87. The van der Waals surface area contributed by atoms with Crippen LogP contribution >= 0.6 is 0 Å². The van der Waals surface area contributed by atoms with Gasteiger partial charge in [-0.1, -0.05) is 39.0 Å². The molecule has 0 saturated carbocycles. The van der Waals surface area contributed by atoms with Crippen LogP contribution in [-0.4, -0.2) is 48.1 Å². The van der Waals surface area contributed by atoms with Gasteiger partial charge in [-0.3, -0.25) is 0 Å². The molecule has 1 aromatic carbocycles. The first-order chi connectivity index (χ1) is 11.8. The molecule has 1 fully saturated rings. The third-order valence-corrected chi connectivity index (χ3v) is 4.65. The molecule has 5 heteroatoms. The molecule has 2 heterocycles. The van der Waals surface area contributed by atoms with Gasteiger partial charge in [-0.15, -0.1) is 0 Å². The number of aromatic nitrogens is 2. The molecule has 0 amide bonds. The predicted molar refractivity (Wildman–Crippen MR) is 105 cm³/mol. The van der Waals surface area contributed by atoms with E-state index in [-0.39, 0.29) is 5.41 Å². The van der Waals surface area contributed by atoms with Crippen LogP contribution in [0.3, 0.4) is 0 Å². The summed E-state index contributed by atoms with van der Waals surface area (Å²) in [7, 11) is 2.17. The van der Waals surface area contributed by atoms with E-state index in [1.807, 2.05) is 6.92 Å². The number of para-hydroxylation sites is 1. The van der Waals surface area contributed by atoms with Crippen LogP contribution in [0, 0.1) is 6.92 Å². The summed E-state index contributed by atoms with van der Waals surface area (Å²) in [6.45, 7) is 12.8. The van der Waals surface area contributed by atoms with E-state index in [1.54, 1.807) is 0 Å². The van der Waals surface area contributed by atoms with Crippen molar-refractivity contribution in [3.63, 3.8) is 0 Å². The molecule has 5 nitrogen and oxygen atoms in total. The Morgan fingerprint density at radius 3 is 2.36 bits per heavy atom. The smallest absolute Gasteiger partial charge is 0.229 e. The molecule has 0 atom stereocenters. The second kappa shape index (κ2) is 7.00. The van der Waals surface area contributed by atoms with Gasteiger partial charge in [-0.05, 0) is 31.0 Å². The number of aryl methyl sites for hydroxylation is 1. The first kappa shape index (κ1) is 17.7. The number of rotatable bonds is 3. The minimum atomic E-state index is 0.0632. The lowest BCUT2D eigenvalue weighted by Gasteiger charge is -2.33. The standard InChI is InChI=1S/C20H29N5/c1-15-14-18(25-12-10-24(5)11-13-25)23-19(21-15)22-17-9-7-6-8-16(17)20(2,3)4/h6-9,14H,10-13H2,1-5H3,(H,21,22,23). The molecule has 0 radical (unpaired) electrons. The van der Waals surface area contributed by atoms with Crippen LogP contribution in [0.15, 0.2) is 30.3 Å². The van der Waals surface area contributed by atoms with Crippen molar-refractivity contribution in [2.45, 2.75) is 33.1 Å². The number of nitrogens with zero attached hydrogens (tertiary/aromatic N) is 4. The fourth-order valence-electron chi connectivity index (χ4n) is 3.17. The fraction of sp³-hybridized carbons (Fsp3) is 0.500. The summed E-state index contributed by atoms with van der Waals surface area (Å²) in [4.78, 5) is 14.1. The van der Waals surface area contributed by atoms with Crippen molar-refractivity contribution < 1.29 is 0 Å². The first-order valence-corrected chi connectivity index (χ1v) is 8.98. The predicted octanol–water partition coefficient (Wildman–Crippen LogP) is 3.58. The third kappa shape index (κ3) is 4.28. The topological polar surface area (TPSA) is 44.3 Å². The van der Waals surface area contributed by atoms with E-state index in [9.17, 15) is 0 Å². The highest BCUT2D eigenvalue weighted by Crippen LogP contribution is 2.31. The lowest BCUT2D eigenvalue weighted by molar-refractivity contribution is 0.312. The molecule has 0 bridgehead atoms. The van der Waals surface area contributed by atoms with Gasteiger partial charge in [-0.2, -0.15) is 4.98 Å². The Morgan fingerprint density at radius 2 is 1.68 bits per heavy atom. The molecule has 1 N–H and O–H groups in total. The zero-order valence-corrected chi connectivity index (χ0v) is 16.0. The molecule has 0 spiro atoms. The van der Waals surface area contributed by atoms with E-state index >= 15 is 0 Å². The van der Waals surface area contributed by atoms with E-state index in [4.69, 9.17) is 4.98 Å². The Bertz CT molecular complexity index is 727. The molecule has 1 aliphatic heterocycles. The van der Waals surface area contributed by atoms with Gasteiger partial charge >= 0.3 is 0 Å². The lowest BCUT2D eigenvalue weighted by atomic mass is 9.86. The van der Waals surface area contributed by atoms with Crippen molar-refractivity contribution in [2.24, 2.45) is 0 Å². The number of nitrogens with one attached hydrogen (secondary N) is 1. The molecular weight excluding hydrogens is 310 g/mol. The Morgan fingerprint density at radius 1 is 1.00 bits per heavy atom. The summed E-state index contributed by atoms with van der Waals surface area (Å²) < 4.78 is 0. The van der Waals surface area contributed by atoms with Crippen LogP contribution in [0.25, 0.3) is 0 Å². The highest BCUT2D eigenvalue weighted by Gasteiger charge is 2.19. The Labute approximate surface area is 151 Å². The maximum absolute atomic E-state index is 4.79. The second-order valence-electron chi connectivity index (χ2n) is 7.90. The van der Waals surface area contributed by atoms with E-state index in [0.29, 0.717) is 5.95 Å². The normalized spacial score (nSPS) is 16.1. The van der Waals surface area contributed by atoms with Gasteiger partial charge in [0.2, 0.25) is 5.95 Å². The monoisotopic (exact) mass is 339 g/mol. The molecule has 2 aromatic rings. The number of piperazine rings is 1. The highest BCUT2D eigenvalue weighted by molar-refractivity contribution is 5.61. The van der Waals surface area contributed by atoms with Gasteiger partial charge in [0.05, 0.1) is 0 Å². The zero-order valence-electron chi connectivity index (χ0n) is 16.0. The van der Waals surface area contributed by atoms with Crippen molar-refractivity contribution in [1.29, 1.82) is 0 Å².